The fourth-order valence-electron chi connectivity index (χ4n) is 3.43. The molecule has 2 aromatic rings. The van der Waals surface area contributed by atoms with Gasteiger partial charge in [-0.15, -0.1) is 0 Å². The van der Waals surface area contributed by atoms with E-state index >= 15 is 0 Å². The maximum atomic E-state index is 3.28. The Kier molecular flexibility index (Phi) is 4.96. The van der Waals surface area contributed by atoms with E-state index in [0.717, 1.165) is 23.8 Å². The molecule has 2 aromatic carbocycles. The van der Waals surface area contributed by atoms with E-state index in [1.807, 2.05) is 6.07 Å². The highest BCUT2D eigenvalue weighted by Gasteiger charge is 2.24. The number of hydrogen-bond donors (Lipinski definition) is 0. The van der Waals surface area contributed by atoms with Gasteiger partial charge in [0.25, 0.3) is 0 Å². The zero-order chi connectivity index (χ0) is 15.2. The van der Waals surface area contributed by atoms with Gasteiger partial charge in [0.05, 0.1) is 0 Å². The van der Waals surface area contributed by atoms with Gasteiger partial charge in [-0.05, 0) is 54.4 Å². The normalized spacial score (nSPS) is 20.4. The largest absolute Gasteiger partial charge is 0.0931 e. The SMILES string of the molecule is CCC1CCC(c2ccc(C#CCc3ccccc3)cc2)C1. The minimum Gasteiger partial charge on any atom is -0.0931 e. The minimum absolute atomic E-state index is 0.774. The lowest BCUT2D eigenvalue weighted by Gasteiger charge is -2.10. The Morgan fingerprint density at radius 3 is 2.41 bits per heavy atom. The highest BCUT2D eigenvalue weighted by atomic mass is 14.3. The van der Waals surface area contributed by atoms with Gasteiger partial charge < -0.3 is 0 Å². The van der Waals surface area contributed by atoms with Crippen LogP contribution in [0.3, 0.4) is 0 Å². The van der Waals surface area contributed by atoms with Gasteiger partial charge in [0.1, 0.15) is 0 Å². The summed E-state index contributed by atoms with van der Waals surface area (Å²) in [7, 11) is 0. The molecule has 2 atom stereocenters. The Hall–Kier alpha value is -2.00. The molecule has 0 saturated heterocycles. The van der Waals surface area contributed by atoms with Gasteiger partial charge in [-0.1, -0.05) is 67.6 Å². The van der Waals surface area contributed by atoms with Crippen LogP contribution in [0.1, 0.15) is 55.2 Å². The van der Waals surface area contributed by atoms with E-state index in [0.29, 0.717) is 0 Å². The molecule has 1 fully saturated rings. The third kappa shape index (κ3) is 3.80. The Morgan fingerprint density at radius 1 is 0.955 bits per heavy atom. The van der Waals surface area contributed by atoms with Crippen molar-refractivity contribution in [1.29, 1.82) is 0 Å². The molecule has 0 spiro atoms. The van der Waals surface area contributed by atoms with Crippen molar-refractivity contribution in [3.63, 3.8) is 0 Å². The predicted molar refractivity (Wildman–Crippen MR) is 93.8 cm³/mol. The van der Waals surface area contributed by atoms with Gasteiger partial charge in [-0.25, -0.2) is 0 Å². The van der Waals surface area contributed by atoms with E-state index in [-0.39, 0.29) is 0 Å². The predicted octanol–water partition coefficient (Wildman–Crippen LogP) is 5.57. The molecular weight excluding hydrogens is 264 g/mol. The first-order chi connectivity index (χ1) is 10.8. The number of hydrogen-bond acceptors (Lipinski definition) is 0. The fraction of sp³-hybridized carbons (Fsp3) is 0.364. The van der Waals surface area contributed by atoms with E-state index < -0.39 is 0 Å². The van der Waals surface area contributed by atoms with E-state index in [1.165, 1.54) is 36.8 Å². The van der Waals surface area contributed by atoms with Crippen LogP contribution in [-0.4, -0.2) is 0 Å². The molecule has 3 rings (SSSR count). The van der Waals surface area contributed by atoms with Crippen LogP contribution in [0, 0.1) is 17.8 Å². The van der Waals surface area contributed by atoms with Crippen molar-refractivity contribution < 1.29 is 0 Å². The third-order valence-corrected chi connectivity index (χ3v) is 4.87. The Morgan fingerprint density at radius 2 is 1.73 bits per heavy atom. The van der Waals surface area contributed by atoms with Crippen LogP contribution >= 0.6 is 0 Å². The van der Waals surface area contributed by atoms with Gasteiger partial charge in [-0.3, -0.25) is 0 Å². The second kappa shape index (κ2) is 7.32. The first-order valence-corrected chi connectivity index (χ1v) is 8.48. The molecule has 1 aliphatic rings. The van der Waals surface area contributed by atoms with Gasteiger partial charge in [0, 0.05) is 12.0 Å². The fourth-order valence-corrected chi connectivity index (χ4v) is 3.43. The standard InChI is InChI=1S/C22H24/c1-2-18-11-16-22(17-18)21-14-12-20(13-15-21)10-6-9-19-7-4-3-5-8-19/h3-5,7-8,12-15,18,22H,2,9,11,16-17H2,1H3. The molecule has 2 unspecified atom stereocenters. The maximum Gasteiger partial charge on any atom is 0.0344 e. The molecule has 1 saturated carbocycles. The van der Waals surface area contributed by atoms with Crippen molar-refractivity contribution in [2.45, 2.75) is 44.9 Å². The molecule has 0 aliphatic heterocycles. The average molecular weight is 288 g/mol. The van der Waals surface area contributed by atoms with E-state index in [2.05, 4.69) is 67.3 Å². The summed E-state index contributed by atoms with van der Waals surface area (Å²) < 4.78 is 0. The van der Waals surface area contributed by atoms with Crippen LogP contribution in [0.4, 0.5) is 0 Å². The zero-order valence-corrected chi connectivity index (χ0v) is 13.4. The molecule has 1 aliphatic carbocycles. The summed E-state index contributed by atoms with van der Waals surface area (Å²) in [6, 6.07) is 19.4. The third-order valence-electron chi connectivity index (χ3n) is 4.87. The van der Waals surface area contributed by atoms with Crippen molar-refractivity contribution >= 4 is 0 Å². The molecule has 0 aromatic heterocycles. The monoisotopic (exact) mass is 288 g/mol. The van der Waals surface area contributed by atoms with Crippen molar-refractivity contribution in [2.75, 3.05) is 0 Å². The highest BCUT2D eigenvalue weighted by molar-refractivity contribution is 5.38. The lowest BCUT2D eigenvalue weighted by molar-refractivity contribution is 0.521. The Balaban J connectivity index is 1.60. The molecule has 0 heterocycles. The smallest absolute Gasteiger partial charge is 0.0344 e. The summed E-state index contributed by atoms with van der Waals surface area (Å²) in [5.41, 5.74) is 3.91. The van der Waals surface area contributed by atoms with Gasteiger partial charge in [0.15, 0.2) is 0 Å². The second-order valence-electron chi connectivity index (χ2n) is 6.37. The molecule has 0 radical (unpaired) electrons. The van der Waals surface area contributed by atoms with E-state index in [9.17, 15) is 0 Å². The molecule has 0 amide bonds. The summed E-state index contributed by atoms with van der Waals surface area (Å²) in [6.07, 6.45) is 6.29. The summed E-state index contributed by atoms with van der Waals surface area (Å²) in [4.78, 5) is 0. The van der Waals surface area contributed by atoms with E-state index in [4.69, 9.17) is 0 Å². The Labute approximate surface area is 134 Å². The van der Waals surface area contributed by atoms with Gasteiger partial charge >= 0.3 is 0 Å². The number of rotatable bonds is 3. The van der Waals surface area contributed by atoms with Crippen LogP contribution in [-0.2, 0) is 6.42 Å². The lowest BCUT2D eigenvalue weighted by atomic mass is 9.95. The van der Waals surface area contributed by atoms with Crippen molar-refractivity contribution in [3.8, 4) is 11.8 Å². The first kappa shape index (κ1) is 14.9. The quantitative estimate of drug-likeness (QED) is 0.647. The molecule has 0 bridgehead atoms. The Bertz CT molecular complexity index is 640. The van der Waals surface area contributed by atoms with Crippen LogP contribution in [0.25, 0.3) is 0 Å². The summed E-state index contributed by atoms with van der Waals surface area (Å²) in [5.74, 6) is 8.27. The number of benzene rings is 2. The zero-order valence-electron chi connectivity index (χ0n) is 13.4. The van der Waals surface area contributed by atoms with Crippen LogP contribution in [0.5, 0.6) is 0 Å². The second-order valence-corrected chi connectivity index (χ2v) is 6.37. The lowest BCUT2D eigenvalue weighted by Crippen LogP contribution is -1.94. The van der Waals surface area contributed by atoms with Crippen molar-refractivity contribution in [2.24, 2.45) is 5.92 Å². The molecule has 112 valence electrons. The molecule has 22 heavy (non-hydrogen) atoms. The van der Waals surface area contributed by atoms with Crippen molar-refractivity contribution in [1.82, 2.24) is 0 Å². The first-order valence-electron chi connectivity index (χ1n) is 8.48. The van der Waals surface area contributed by atoms with Crippen molar-refractivity contribution in [3.05, 3.63) is 71.3 Å². The maximum absolute atomic E-state index is 3.28. The molecule has 0 N–H and O–H groups in total. The topological polar surface area (TPSA) is 0 Å². The van der Waals surface area contributed by atoms with Crippen LogP contribution in [0.15, 0.2) is 54.6 Å². The molecule has 0 nitrogen and oxygen atoms in total. The van der Waals surface area contributed by atoms with Crippen LogP contribution in [0.2, 0.25) is 0 Å². The molecule has 0 heteroatoms. The van der Waals surface area contributed by atoms with E-state index in [1.54, 1.807) is 0 Å². The molecular formula is C22H24. The highest BCUT2D eigenvalue weighted by Crippen LogP contribution is 2.39. The minimum atomic E-state index is 0.774. The van der Waals surface area contributed by atoms with Gasteiger partial charge in [-0.2, -0.15) is 0 Å². The van der Waals surface area contributed by atoms with Gasteiger partial charge in [0.2, 0.25) is 0 Å². The van der Waals surface area contributed by atoms with Crippen LogP contribution < -0.4 is 0 Å². The summed E-state index contributed by atoms with van der Waals surface area (Å²) in [6.45, 7) is 2.32. The summed E-state index contributed by atoms with van der Waals surface area (Å²) >= 11 is 0. The average Bonchev–Trinajstić information content (AvgIpc) is 3.06. The summed E-state index contributed by atoms with van der Waals surface area (Å²) in [5, 5.41) is 0.